The van der Waals surface area contributed by atoms with Gasteiger partial charge in [0.25, 0.3) is 0 Å². The molecule has 1 N–H and O–H groups in total. The van der Waals surface area contributed by atoms with Crippen LogP contribution in [0.4, 0.5) is 8.78 Å². The molecule has 0 spiro atoms. The predicted octanol–water partition coefficient (Wildman–Crippen LogP) is 3.46. The lowest BCUT2D eigenvalue weighted by Crippen LogP contribution is -2.09. The average Bonchev–Trinajstić information content (AvgIpc) is 3.09. The minimum absolute atomic E-state index is 0.0277. The second-order valence-corrected chi connectivity index (χ2v) is 4.88. The predicted molar refractivity (Wildman–Crippen MR) is 63.9 cm³/mol. The first-order valence-corrected chi connectivity index (χ1v) is 6.15. The van der Waals surface area contributed by atoms with E-state index < -0.39 is 12.4 Å². The Labute approximate surface area is 105 Å². The smallest absolute Gasteiger partial charge is 0.303 e. The quantitative estimate of drug-likeness (QED) is 0.844. The summed E-state index contributed by atoms with van der Waals surface area (Å²) < 4.78 is 24.7. The summed E-state index contributed by atoms with van der Waals surface area (Å²) in [5.41, 5.74) is 1.47. The maximum Gasteiger partial charge on any atom is 0.303 e. The molecule has 18 heavy (non-hydrogen) atoms. The second-order valence-electron chi connectivity index (χ2n) is 4.88. The van der Waals surface area contributed by atoms with Gasteiger partial charge in [0.05, 0.1) is 6.42 Å². The maximum atomic E-state index is 12.3. The van der Waals surface area contributed by atoms with Crippen molar-refractivity contribution in [3.8, 4) is 0 Å². The van der Waals surface area contributed by atoms with E-state index in [0.29, 0.717) is 11.5 Å². The van der Waals surface area contributed by atoms with Gasteiger partial charge < -0.3 is 5.11 Å². The van der Waals surface area contributed by atoms with E-state index in [2.05, 4.69) is 0 Å². The van der Waals surface area contributed by atoms with Gasteiger partial charge in [0.2, 0.25) is 6.43 Å². The van der Waals surface area contributed by atoms with Gasteiger partial charge >= 0.3 is 5.97 Å². The van der Waals surface area contributed by atoms with Crippen molar-refractivity contribution in [1.82, 2.24) is 0 Å². The van der Waals surface area contributed by atoms with Gasteiger partial charge in [0, 0.05) is 6.42 Å². The molecule has 4 heteroatoms. The summed E-state index contributed by atoms with van der Waals surface area (Å²) in [7, 11) is 0. The number of carbonyl (C=O) groups is 1. The highest BCUT2D eigenvalue weighted by Gasteiger charge is 2.33. The topological polar surface area (TPSA) is 37.3 Å². The number of aliphatic carboxylic acids is 1. The van der Waals surface area contributed by atoms with Gasteiger partial charge in [0.15, 0.2) is 0 Å². The van der Waals surface area contributed by atoms with E-state index in [0.717, 1.165) is 18.4 Å². The Morgan fingerprint density at radius 1 is 1.39 bits per heavy atom. The Morgan fingerprint density at radius 3 is 2.67 bits per heavy atom. The van der Waals surface area contributed by atoms with E-state index in [1.165, 1.54) is 0 Å². The molecule has 0 bridgehead atoms. The molecule has 0 saturated heterocycles. The van der Waals surface area contributed by atoms with E-state index >= 15 is 0 Å². The molecule has 1 saturated carbocycles. The number of carboxylic acid groups (broad SMARTS) is 1. The number of alkyl halides is 2. The van der Waals surface area contributed by atoms with Crippen LogP contribution in [0.3, 0.4) is 0 Å². The summed E-state index contributed by atoms with van der Waals surface area (Å²) in [6.07, 6.45) is -0.464. The third-order valence-corrected chi connectivity index (χ3v) is 3.35. The highest BCUT2D eigenvalue weighted by atomic mass is 19.3. The zero-order chi connectivity index (χ0) is 13.1. The van der Waals surface area contributed by atoms with Crippen LogP contribution in [0.5, 0.6) is 0 Å². The van der Waals surface area contributed by atoms with Crippen LogP contribution in [0, 0.1) is 5.92 Å². The molecular weight excluding hydrogens is 238 g/mol. The number of halogens is 2. The molecule has 98 valence electrons. The minimum atomic E-state index is -2.36. The normalized spacial score (nSPS) is 16.8. The number of carboxylic acids is 1. The molecule has 1 aromatic rings. The lowest BCUT2D eigenvalue weighted by atomic mass is 9.89. The van der Waals surface area contributed by atoms with Gasteiger partial charge in [0.1, 0.15) is 0 Å². The second kappa shape index (κ2) is 5.46. The number of rotatable bonds is 6. The van der Waals surface area contributed by atoms with Crippen molar-refractivity contribution in [3.05, 3.63) is 35.4 Å². The Hall–Kier alpha value is -1.45. The largest absolute Gasteiger partial charge is 0.481 e. The Bertz CT molecular complexity index is 428. The number of hydrogen-bond acceptors (Lipinski definition) is 1. The zero-order valence-corrected chi connectivity index (χ0v) is 9.98. The molecule has 1 aliphatic rings. The fourth-order valence-electron chi connectivity index (χ4n) is 2.37. The summed E-state index contributed by atoms with van der Waals surface area (Å²) in [6, 6.07) is 6.99. The first kappa shape index (κ1) is 13.0. The van der Waals surface area contributed by atoms with Gasteiger partial charge in [-0.3, -0.25) is 4.79 Å². The molecule has 0 heterocycles. The van der Waals surface area contributed by atoms with Crippen LogP contribution in [-0.4, -0.2) is 17.5 Å². The van der Waals surface area contributed by atoms with Gasteiger partial charge in [-0.1, -0.05) is 24.3 Å². The molecule has 1 unspecified atom stereocenters. The third kappa shape index (κ3) is 3.52. The highest BCUT2D eigenvalue weighted by Crippen LogP contribution is 2.44. The van der Waals surface area contributed by atoms with E-state index in [4.69, 9.17) is 5.11 Å². The van der Waals surface area contributed by atoms with Crippen molar-refractivity contribution < 1.29 is 18.7 Å². The van der Waals surface area contributed by atoms with Crippen molar-refractivity contribution in [2.45, 2.75) is 38.0 Å². The molecule has 1 aliphatic carbocycles. The average molecular weight is 254 g/mol. The summed E-state index contributed by atoms with van der Waals surface area (Å²) in [5, 5.41) is 8.92. The van der Waals surface area contributed by atoms with Crippen LogP contribution >= 0.6 is 0 Å². The van der Waals surface area contributed by atoms with Crippen molar-refractivity contribution in [2.75, 3.05) is 0 Å². The fourth-order valence-corrected chi connectivity index (χ4v) is 2.37. The van der Waals surface area contributed by atoms with Crippen molar-refractivity contribution in [2.24, 2.45) is 5.92 Å². The zero-order valence-electron chi connectivity index (χ0n) is 9.98. The summed E-state index contributed by atoms with van der Waals surface area (Å²) in [5.74, 6) is -0.450. The van der Waals surface area contributed by atoms with Crippen LogP contribution in [-0.2, 0) is 11.2 Å². The summed E-state index contributed by atoms with van der Waals surface area (Å²) >= 11 is 0. The number of hydrogen-bond donors (Lipinski definition) is 1. The Kier molecular flexibility index (Phi) is 3.94. The lowest BCUT2D eigenvalue weighted by molar-refractivity contribution is -0.137. The SMILES string of the molecule is O=C(O)CC(c1cccc(CC(F)F)c1)C1CC1. The van der Waals surface area contributed by atoms with E-state index in [-0.39, 0.29) is 18.8 Å². The molecule has 2 rings (SSSR count). The monoisotopic (exact) mass is 254 g/mol. The molecular formula is C14H16F2O2. The van der Waals surface area contributed by atoms with Gasteiger partial charge in [-0.15, -0.1) is 0 Å². The number of benzene rings is 1. The van der Waals surface area contributed by atoms with Crippen LogP contribution in [0.25, 0.3) is 0 Å². The first-order chi connectivity index (χ1) is 8.56. The molecule has 0 radical (unpaired) electrons. The van der Waals surface area contributed by atoms with Gasteiger partial charge in [-0.05, 0) is 35.8 Å². The van der Waals surface area contributed by atoms with Crippen LogP contribution in [0.15, 0.2) is 24.3 Å². The fraction of sp³-hybridized carbons (Fsp3) is 0.500. The third-order valence-electron chi connectivity index (χ3n) is 3.35. The Balaban J connectivity index is 2.16. The van der Waals surface area contributed by atoms with E-state index in [1.807, 2.05) is 6.07 Å². The Morgan fingerprint density at radius 2 is 2.11 bits per heavy atom. The maximum absolute atomic E-state index is 12.3. The lowest BCUT2D eigenvalue weighted by Gasteiger charge is -2.15. The molecule has 1 atom stereocenters. The molecule has 1 fully saturated rings. The summed E-state index contributed by atoms with van der Waals surface area (Å²) in [4.78, 5) is 10.9. The first-order valence-electron chi connectivity index (χ1n) is 6.15. The molecule has 2 nitrogen and oxygen atoms in total. The van der Waals surface area contributed by atoms with E-state index in [1.54, 1.807) is 18.2 Å². The van der Waals surface area contributed by atoms with Crippen LogP contribution in [0.2, 0.25) is 0 Å². The summed E-state index contributed by atoms with van der Waals surface area (Å²) in [6.45, 7) is 0. The van der Waals surface area contributed by atoms with E-state index in [9.17, 15) is 13.6 Å². The van der Waals surface area contributed by atoms with Crippen LogP contribution in [0.1, 0.15) is 36.3 Å². The molecule has 0 aliphatic heterocycles. The van der Waals surface area contributed by atoms with Gasteiger partial charge in [-0.25, -0.2) is 8.78 Å². The highest BCUT2D eigenvalue weighted by molar-refractivity contribution is 5.68. The molecule has 0 amide bonds. The standard InChI is InChI=1S/C14H16F2O2/c15-13(16)7-9-2-1-3-11(6-9)12(8-14(17)18)10-4-5-10/h1-3,6,10,12-13H,4-5,7-8H2,(H,17,18). The molecule has 0 aromatic heterocycles. The van der Waals surface area contributed by atoms with Crippen molar-refractivity contribution in [1.29, 1.82) is 0 Å². The molecule has 1 aromatic carbocycles. The van der Waals surface area contributed by atoms with Gasteiger partial charge in [-0.2, -0.15) is 0 Å². The van der Waals surface area contributed by atoms with Crippen molar-refractivity contribution in [3.63, 3.8) is 0 Å². The van der Waals surface area contributed by atoms with Crippen molar-refractivity contribution >= 4 is 5.97 Å². The minimum Gasteiger partial charge on any atom is -0.481 e. The van der Waals surface area contributed by atoms with Crippen LogP contribution < -0.4 is 0 Å².